The monoisotopic (exact) mass is 868 g/mol. The van der Waals surface area contributed by atoms with Crippen LogP contribution in [0, 0.1) is 0 Å². The molecule has 2 heteroatoms. The van der Waals surface area contributed by atoms with Crippen LogP contribution in [0.2, 0.25) is 0 Å². The van der Waals surface area contributed by atoms with Crippen LogP contribution in [0.25, 0.3) is 93.6 Å². The van der Waals surface area contributed by atoms with E-state index in [0.29, 0.717) is 11.5 Å². The van der Waals surface area contributed by atoms with Crippen molar-refractivity contribution >= 4 is 43.9 Å². The summed E-state index contributed by atoms with van der Waals surface area (Å²) >= 11 is 0. The molecule has 11 aromatic rings. The summed E-state index contributed by atoms with van der Waals surface area (Å²) in [6.07, 6.45) is 0. The van der Waals surface area contributed by atoms with Crippen LogP contribution in [0.3, 0.4) is 0 Å². The third-order valence-electron chi connectivity index (χ3n) is 15.1. The Morgan fingerprint density at radius 3 is 1.26 bits per heavy atom. The molecule has 0 bridgehead atoms. The van der Waals surface area contributed by atoms with Crippen LogP contribution >= 0.6 is 0 Å². The molecule has 0 radical (unpaired) electrons. The van der Waals surface area contributed by atoms with Gasteiger partial charge in [-0.05, 0) is 141 Å². The van der Waals surface area contributed by atoms with Crippen LogP contribution in [0.5, 0.6) is 0 Å². The van der Waals surface area contributed by atoms with Gasteiger partial charge in [-0.3, -0.25) is 0 Å². The minimum Gasteiger partial charge on any atom is -0.229 e. The summed E-state index contributed by atoms with van der Waals surface area (Å²) in [6.45, 7) is 13.9. The zero-order valence-electron chi connectivity index (χ0n) is 38.7. The predicted octanol–water partition coefficient (Wildman–Crippen LogP) is 16.7. The molecule has 0 N–H and O–H groups in total. The Kier molecular flexibility index (Phi) is 8.79. The fourth-order valence-corrected chi connectivity index (χ4v) is 11.5. The normalized spacial score (nSPS) is 14.6. The first-order chi connectivity index (χ1) is 33.1. The van der Waals surface area contributed by atoms with Gasteiger partial charge in [0, 0.05) is 27.2 Å². The number of hydrogen-bond acceptors (Lipinski definition) is 1. The summed E-state index contributed by atoms with van der Waals surface area (Å²) in [6, 6.07) is 75.4. The van der Waals surface area contributed by atoms with Crippen LogP contribution < -0.4 is 5.36 Å². The molecule has 322 valence electrons. The molecule has 13 rings (SSSR count). The lowest BCUT2D eigenvalue weighted by molar-refractivity contribution is 0.660. The molecule has 0 fully saturated rings. The highest BCUT2D eigenvalue weighted by Crippen LogP contribution is 2.55. The van der Waals surface area contributed by atoms with Crippen LogP contribution in [0.4, 0.5) is 0 Å². The van der Waals surface area contributed by atoms with Crippen molar-refractivity contribution in [1.82, 2.24) is 0 Å². The number of rotatable bonds is 6. The van der Waals surface area contributed by atoms with E-state index in [4.69, 9.17) is 9.98 Å². The molecule has 2 aliphatic rings. The molecule has 68 heavy (non-hydrogen) atoms. The van der Waals surface area contributed by atoms with Crippen molar-refractivity contribution in [3.63, 3.8) is 0 Å². The van der Waals surface area contributed by atoms with Gasteiger partial charge in [-0.1, -0.05) is 204 Å². The van der Waals surface area contributed by atoms with E-state index in [2.05, 4.69) is 192 Å². The van der Waals surface area contributed by atoms with Gasteiger partial charge in [0.25, 0.3) is 0 Å². The number of fused-ring (bicyclic) bond motifs is 9. The first-order valence-corrected chi connectivity index (χ1v) is 23.8. The molecule has 0 amide bonds. The number of hydrogen-bond donors (Lipinski definition) is 0. The molecule has 0 aliphatic heterocycles. The number of nitrogens with zero attached hydrogens (tertiary/aromatic N) is 2. The highest BCUT2D eigenvalue weighted by atomic mass is 14.9. The van der Waals surface area contributed by atoms with Crippen molar-refractivity contribution in [2.45, 2.75) is 38.5 Å². The minimum absolute atomic E-state index is 0.190. The number of amidine groups is 1. The Hall–Kier alpha value is -8.20. The van der Waals surface area contributed by atoms with E-state index in [1.54, 1.807) is 0 Å². The SMILES string of the molecule is C=C(/N=C(\N=c1/c2cc3c(cc12)C(C)(C)c1cc(-c2ccc4c(c2)C(C)(C)c2cc5c(-c6ccccc6)c6ccccc6c(-c6ccccc6)c5cc2-4)ccc1-3)c1ccccc1)c1ccccc1. The van der Waals surface area contributed by atoms with Gasteiger partial charge in [0.2, 0.25) is 0 Å². The molecular formula is C66H48N2. The third kappa shape index (κ3) is 6.10. The summed E-state index contributed by atoms with van der Waals surface area (Å²) in [7, 11) is 0. The topological polar surface area (TPSA) is 24.7 Å². The van der Waals surface area contributed by atoms with Gasteiger partial charge in [0.15, 0.2) is 5.84 Å². The van der Waals surface area contributed by atoms with Gasteiger partial charge in [-0.2, -0.15) is 0 Å². The maximum absolute atomic E-state index is 5.22. The van der Waals surface area contributed by atoms with Gasteiger partial charge < -0.3 is 0 Å². The largest absolute Gasteiger partial charge is 0.229 e. The molecule has 2 nitrogen and oxygen atoms in total. The Morgan fingerprint density at radius 2 is 0.750 bits per heavy atom. The van der Waals surface area contributed by atoms with E-state index in [1.807, 2.05) is 48.5 Å². The molecular weight excluding hydrogens is 821 g/mol. The second kappa shape index (κ2) is 14.9. The van der Waals surface area contributed by atoms with Gasteiger partial charge in [0.1, 0.15) is 0 Å². The van der Waals surface area contributed by atoms with E-state index < -0.39 is 0 Å². The van der Waals surface area contributed by atoms with E-state index in [-0.39, 0.29) is 10.8 Å². The average Bonchev–Trinajstić information content (AvgIpc) is 3.95. The van der Waals surface area contributed by atoms with Crippen molar-refractivity contribution in [2.24, 2.45) is 9.98 Å². The molecule has 0 saturated heterocycles. The van der Waals surface area contributed by atoms with Crippen LogP contribution in [0.1, 0.15) is 61.1 Å². The quantitative estimate of drug-likeness (QED) is 0.0904. The maximum Gasteiger partial charge on any atom is 0.160 e. The Bertz CT molecular complexity index is 3930. The second-order valence-electron chi connectivity index (χ2n) is 19.8. The average molecular weight is 869 g/mol. The van der Waals surface area contributed by atoms with E-state index in [9.17, 15) is 0 Å². The summed E-state index contributed by atoms with van der Waals surface area (Å²) in [5.74, 6) is 0.673. The van der Waals surface area contributed by atoms with Crippen molar-refractivity contribution < 1.29 is 0 Å². The fraction of sp³-hybridized carbons (Fsp3) is 0.0909. The summed E-state index contributed by atoms with van der Waals surface area (Å²) in [5.41, 5.74) is 20.5. The van der Waals surface area contributed by atoms with Crippen LogP contribution in [-0.2, 0) is 10.8 Å². The lowest BCUT2D eigenvalue weighted by Crippen LogP contribution is -2.15. The highest BCUT2D eigenvalue weighted by molar-refractivity contribution is 6.22. The summed E-state index contributed by atoms with van der Waals surface area (Å²) < 4.78 is 0. The molecule has 0 atom stereocenters. The Morgan fingerprint density at radius 1 is 0.353 bits per heavy atom. The summed E-state index contributed by atoms with van der Waals surface area (Å²) in [5, 5.41) is 8.54. The van der Waals surface area contributed by atoms with E-state index >= 15 is 0 Å². The smallest absolute Gasteiger partial charge is 0.160 e. The molecule has 0 spiro atoms. The Labute approximate surface area is 397 Å². The Balaban J connectivity index is 0.903. The van der Waals surface area contributed by atoms with Crippen molar-refractivity contribution in [3.05, 3.63) is 252 Å². The van der Waals surface area contributed by atoms with E-state index in [1.165, 1.54) is 110 Å². The predicted molar refractivity (Wildman–Crippen MR) is 287 cm³/mol. The van der Waals surface area contributed by atoms with Gasteiger partial charge >= 0.3 is 0 Å². The summed E-state index contributed by atoms with van der Waals surface area (Å²) in [4.78, 5) is 10.2. The molecule has 0 heterocycles. The van der Waals surface area contributed by atoms with Gasteiger partial charge in [0.05, 0.1) is 11.1 Å². The molecule has 0 saturated carbocycles. The van der Waals surface area contributed by atoms with E-state index in [0.717, 1.165) is 16.5 Å². The van der Waals surface area contributed by atoms with Crippen molar-refractivity contribution in [1.29, 1.82) is 0 Å². The first kappa shape index (κ1) is 40.1. The molecule has 0 unspecified atom stereocenters. The number of aliphatic imine (C=N–C) groups is 1. The van der Waals surface area contributed by atoms with Crippen molar-refractivity contribution in [3.8, 4) is 55.6 Å². The second-order valence-corrected chi connectivity index (χ2v) is 19.8. The highest BCUT2D eigenvalue weighted by Gasteiger charge is 2.39. The standard InChI is InChI=1S/C66H48N2/c1-40(41-20-10-6-11-21-41)67-64(44-26-16-9-17-27-44)68-63-55-37-52-48-33-31-46(35-58(48)66(4,5)60(52)39-56(55)63)45-30-32-47-51-36-53-54(38-59(51)65(2,3)57(47)34-45)62(43-24-14-8-15-25-43)50-29-19-18-28-49(50)61(53)42-22-12-7-13-23-42/h6-39H,1H2,2-5H3/b67-64-,68-63+. The molecule has 2 aliphatic carbocycles. The van der Waals surface area contributed by atoms with Crippen molar-refractivity contribution in [2.75, 3.05) is 0 Å². The fourth-order valence-electron chi connectivity index (χ4n) is 11.5. The molecule has 0 aromatic heterocycles. The van der Waals surface area contributed by atoms with Gasteiger partial charge in [-0.25, -0.2) is 9.98 Å². The number of benzene rings is 10. The zero-order valence-corrected chi connectivity index (χ0v) is 38.7. The van der Waals surface area contributed by atoms with Crippen LogP contribution in [0.15, 0.2) is 223 Å². The lowest BCUT2D eigenvalue weighted by atomic mass is 9.79. The van der Waals surface area contributed by atoms with Gasteiger partial charge in [-0.15, -0.1) is 0 Å². The first-order valence-electron chi connectivity index (χ1n) is 23.8. The molecule has 11 aromatic carbocycles. The maximum atomic E-state index is 5.22. The minimum atomic E-state index is -0.212. The third-order valence-corrected chi connectivity index (χ3v) is 15.1. The zero-order chi connectivity index (χ0) is 45.9. The van der Waals surface area contributed by atoms with Crippen LogP contribution in [-0.4, -0.2) is 5.84 Å². The lowest BCUT2D eigenvalue weighted by Gasteiger charge is -2.24.